The predicted octanol–water partition coefficient (Wildman–Crippen LogP) is 2.96. The molecule has 12 nitrogen and oxygen atoms in total. The summed E-state index contributed by atoms with van der Waals surface area (Å²) in [6.45, 7) is -0.464. The molecule has 2 aliphatic rings. The van der Waals surface area contributed by atoms with Gasteiger partial charge in [-0.05, 0) is 54.0 Å². The van der Waals surface area contributed by atoms with Crippen LogP contribution in [0.2, 0.25) is 0 Å². The number of amides is 2. The van der Waals surface area contributed by atoms with Crippen molar-refractivity contribution < 1.29 is 48.3 Å². The molecular formula is C36H38N2O10. The van der Waals surface area contributed by atoms with E-state index in [4.69, 9.17) is 23.4 Å². The van der Waals surface area contributed by atoms with E-state index in [-0.39, 0.29) is 37.6 Å². The largest absolute Gasteiger partial charge is 0.496 e. The summed E-state index contributed by atoms with van der Waals surface area (Å²) in [7, 11) is 4.55. The van der Waals surface area contributed by atoms with Crippen LogP contribution in [-0.4, -0.2) is 91.3 Å². The Hall–Kier alpha value is -5.04. The molecule has 6 rings (SSSR count). The van der Waals surface area contributed by atoms with Crippen molar-refractivity contribution in [2.75, 3.05) is 41.0 Å². The number of aliphatic hydroxyl groups excluding tert-OH is 3. The van der Waals surface area contributed by atoms with Gasteiger partial charge in [-0.1, -0.05) is 30.3 Å². The molecule has 48 heavy (non-hydrogen) atoms. The number of furan rings is 1. The molecule has 1 aromatic heterocycles. The van der Waals surface area contributed by atoms with Gasteiger partial charge in [0, 0.05) is 29.6 Å². The highest BCUT2D eigenvalue weighted by molar-refractivity contribution is 5.99. The van der Waals surface area contributed by atoms with Crippen LogP contribution in [0, 0.1) is 0 Å². The summed E-state index contributed by atoms with van der Waals surface area (Å²) < 4.78 is 29.0. The van der Waals surface area contributed by atoms with Crippen molar-refractivity contribution in [1.29, 1.82) is 0 Å². The lowest BCUT2D eigenvalue weighted by Gasteiger charge is -2.40. The summed E-state index contributed by atoms with van der Waals surface area (Å²) in [6, 6.07) is 16.7. The standard InChI is InChI=1S/C36H38N2O10/c1-44-26-9-5-4-7-21(26)11-13-38(36(43)29-17-22-8-6-10-27(45-2)32(22)47-29)25-18-24(35(42)37-12-14-39)30-23-15-20(19-40)16-28(46-3)33(23)48-34(30)31(25)41/h4-10,15-18,25,30-31,34,39-41H,11-14,19H2,1-3H3,(H,37,42)/t25-,30+,31+,34+/m1/s1. The Balaban J connectivity index is 1.46. The zero-order valence-electron chi connectivity index (χ0n) is 26.8. The van der Waals surface area contributed by atoms with Crippen LogP contribution in [0.3, 0.4) is 0 Å². The molecule has 1 aliphatic heterocycles. The molecule has 0 saturated heterocycles. The number of methoxy groups -OCH3 is 3. The number of fused-ring (bicyclic) bond motifs is 4. The third kappa shape index (κ3) is 5.94. The molecule has 0 unspecified atom stereocenters. The SMILES string of the molecule is COc1ccccc1CCN(C(=O)c1cc2cccc(OC)c2o1)[C@@H]1C=C(C(=O)NCCO)[C@@H]2c3cc(CO)cc(OC)c3O[C@@H]2[C@H]1O. The molecule has 4 atom stereocenters. The minimum atomic E-state index is -1.31. The van der Waals surface area contributed by atoms with E-state index in [0.29, 0.717) is 51.5 Å². The van der Waals surface area contributed by atoms with Crippen LogP contribution in [0.4, 0.5) is 0 Å². The molecule has 0 spiro atoms. The van der Waals surface area contributed by atoms with Crippen molar-refractivity contribution in [3.63, 3.8) is 0 Å². The van der Waals surface area contributed by atoms with Gasteiger partial charge in [-0.2, -0.15) is 0 Å². The van der Waals surface area contributed by atoms with E-state index in [1.807, 2.05) is 24.3 Å². The van der Waals surface area contributed by atoms with E-state index in [9.17, 15) is 24.9 Å². The Kier molecular flexibility index (Phi) is 9.58. The summed E-state index contributed by atoms with van der Waals surface area (Å²) >= 11 is 0. The van der Waals surface area contributed by atoms with Crippen molar-refractivity contribution in [2.45, 2.75) is 37.2 Å². The first-order chi connectivity index (χ1) is 23.3. The number of aliphatic hydroxyl groups is 3. The van der Waals surface area contributed by atoms with Crippen LogP contribution >= 0.6 is 0 Å². The van der Waals surface area contributed by atoms with Gasteiger partial charge in [0.05, 0.1) is 46.5 Å². The Labute approximate surface area is 277 Å². The molecule has 3 aromatic carbocycles. The van der Waals surface area contributed by atoms with Gasteiger partial charge in [0.1, 0.15) is 18.0 Å². The quantitative estimate of drug-likeness (QED) is 0.178. The van der Waals surface area contributed by atoms with Crippen molar-refractivity contribution in [3.8, 4) is 23.0 Å². The number of rotatable bonds is 12. The van der Waals surface area contributed by atoms with Gasteiger partial charge in [-0.25, -0.2) is 0 Å². The normalized spacial score (nSPS) is 19.5. The van der Waals surface area contributed by atoms with Gasteiger partial charge in [-0.15, -0.1) is 0 Å². The van der Waals surface area contributed by atoms with Gasteiger partial charge in [-0.3, -0.25) is 9.59 Å². The molecule has 0 radical (unpaired) electrons. The number of hydrogen-bond acceptors (Lipinski definition) is 10. The lowest BCUT2D eigenvalue weighted by atomic mass is 9.77. The van der Waals surface area contributed by atoms with Gasteiger partial charge in [0.25, 0.3) is 5.91 Å². The first-order valence-electron chi connectivity index (χ1n) is 15.6. The van der Waals surface area contributed by atoms with Crippen LogP contribution in [0.15, 0.2) is 76.7 Å². The number of ether oxygens (including phenoxy) is 4. The smallest absolute Gasteiger partial charge is 0.290 e. The van der Waals surface area contributed by atoms with E-state index >= 15 is 0 Å². The predicted molar refractivity (Wildman–Crippen MR) is 175 cm³/mol. The summed E-state index contributed by atoms with van der Waals surface area (Å²) in [4.78, 5) is 29.7. The lowest BCUT2D eigenvalue weighted by molar-refractivity contribution is -0.118. The van der Waals surface area contributed by atoms with Crippen LogP contribution in [0.1, 0.15) is 33.2 Å². The topological polar surface area (TPSA) is 160 Å². The Morgan fingerprint density at radius 2 is 1.69 bits per heavy atom. The molecule has 252 valence electrons. The maximum Gasteiger partial charge on any atom is 0.290 e. The number of nitrogens with one attached hydrogen (secondary N) is 1. The third-order valence-corrected chi connectivity index (χ3v) is 8.87. The van der Waals surface area contributed by atoms with E-state index in [1.165, 1.54) is 19.1 Å². The number of hydrogen-bond donors (Lipinski definition) is 4. The maximum absolute atomic E-state index is 14.5. The number of carbonyl (C=O) groups excluding carboxylic acids is 2. The highest BCUT2D eigenvalue weighted by Crippen LogP contribution is 2.51. The average Bonchev–Trinajstić information content (AvgIpc) is 3.74. The molecule has 2 heterocycles. The minimum absolute atomic E-state index is 0.00818. The van der Waals surface area contributed by atoms with Crippen LogP contribution in [0.5, 0.6) is 23.0 Å². The fourth-order valence-corrected chi connectivity index (χ4v) is 6.60. The summed E-state index contributed by atoms with van der Waals surface area (Å²) in [5, 5.41) is 34.9. The monoisotopic (exact) mass is 658 g/mol. The molecular weight excluding hydrogens is 620 g/mol. The highest BCUT2D eigenvalue weighted by Gasteiger charge is 2.51. The molecule has 4 N–H and O–H groups in total. The van der Waals surface area contributed by atoms with Crippen LogP contribution in [-0.2, 0) is 17.8 Å². The van der Waals surface area contributed by atoms with Gasteiger partial charge < -0.3 is 48.9 Å². The Bertz CT molecular complexity index is 1850. The zero-order valence-corrected chi connectivity index (χ0v) is 26.8. The van der Waals surface area contributed by atoms with Crippen molar-refractivity contribution in [2.24, 2.45) is 0 Å². The second-order valence-electron chi connectivity index (χ2n) is 11.6. The molecule has 2 amide bonds. The second-order valence-corrected chi connectivity index (χ2v) is 11.6. The fourth-order valence-electron chi connectivity index (χ4n) is 6.60. The highest BCUT2D eigenvalue weighted by atomic mass is 16.5. The van der Waals surface area contributed by atoms with Gasteiger partial charge in [0.2, 0.25) is 5.91 Å². The van der Waals surface area contributed by atoms with Crippen LogP contribution in [0.25, 0.3) is 11.0 Å². The fraction of sp³-hybridized carbons (Fsp3) is 0.333. The third-order valence-electron chi connectivity index (χ3n) is 8.87. The molecule has 0 saturated carbocycles. The minimum Gasteiger partial charge on any atom is -0.496 e. The molecule has 4 aromatic rings. The molecule has 1 aliphatic carbocycles. The molecule has 12 heteroatoms. The first-order valence-corrected chi connectivity index (χ1v) is 15.6. The van der Waals surface area contributed by atoms with E-state index in [0.717, 1.165) is 5.56 Å². The maximum atomic E-state index is 14.5. The van der Waals surface area contributed by atoms with Crippen molar-refractivity contribution in [3.05, 3.63) is 94.8 Å². The summed E-state index contributed by atoms with van der Waals surface area (Å²) in [5.41, 5.74) is 2.57. The summed E-state index contributed by atoms with van der Waals surface area (Å²) in [6.07, 6.45) is -0.367. The average molecular weight is 659 g/mol. The van der Waals surface area contributed by atoms with E-state index in [2.05, 4.69) is 5.32 Å². The zero-order chi connectivity index (χ0) is 33.9. The Morgan fingerprint density at radius 1 is 0.938 bits per heavy atom. The number of carbonyl (C=O) groups is 2. The van der Waals surface area contributed by atoms with Crippen LogP contribution < -0.4 is 24.3 Å². The number of benzene rings is 3. The van der Waals surface area contributed by atoms with Gasteiger partial charge in [0.15, 0.2) is 28.6 Å². The lowest BCUT2D eigenvalue weighted by Crippen LogP contribution is -2.56. The van der Waals surface area contributed by atoms with Crippen molar-refractivity contribution in [1.82, 2.24) is 10.2 Å². The van der Waals surface area contributed by atoms with Crippen molar-refractivity contribution >= 4 is 22.8 Å². The molecule has 0 fully saturated rings. The van der Waals surface area contributed by atoms with E-state index < -0.39 is 36.0 Å². The number of para-hydroxylation sites is 2. The molecule has 0 bridgehead atoms. The Morgan fingerprint density at radius 3 is 2.42 bits per heavy atom. The number of nitrogens with zero attached hydrogens (tertiary/aromatic N) is 1. The van der Waals surface area contributed by atoms with Gasteiger partial charge >= 0.3 is 0 Å². The van der Waals surface area contributed by atoms with E-state index in [1.54, 1.807) is 49.6 Å². The summed E-state index contributed by atoms with van der Waals surface area (Å²) in [5.74, 6) is 0.0263. The second kappa shape index (κ2) is 14.0. The first kappa shape index (κ1) is 32.9.